The zero-order valence-corrected chi connectivity index (χ0v) is 15.1. The number of aliphatic hydroxyl groups excluding tert-OH is 1. The van der Waals surface area contributed by atoms with Crippen LogP contribution < -0.4 is 0 Å². The number of hydrogen-bond acceptors (Lipinski definition) is 2. The second-order valence-electron chi connectivity index (χ2n) is 8.38. The third-order valence-electron chi connectivity index (χ3n) is 6.39. The molecule has 1 aliphatic heterocycles. The van der Waals surface area contributed by atoms with Crippen LogP contribution in [0.5, 0.6) is 0 Å². The summed E-state index contributed by atoms with van der Waals surface area (Å²) in [6.45, 7) is 11.6. The Bertz CT molecular complexity index is 804. The number of allylic oxidation sites excluding steroid dienone is 1. The summed E-state index contributed by atoms with van der Waals surface area (Å²) >= 11 is 0. The van der Waals surface area contributed by atoms with Gasteiger partial charge in [-0.25, -0.2) is 0 Å². The Morgan fingerprint density at radius 1 is 1.38 bits per heavy atom. The molecule has 1 aromatic carbocycles. The van der Waals surface area contributed by atoms with Crippen molar-refractivity contribution in [1.29, 1.82) is 0 Å². The highest BCUT2D eigenvalue weighted by Gasteiger charge is 2.45. The van der Waals surface area contributed by atoms with Crippen molar-refractivity contribution >= 4 is 10.9 Å². The Morgan fingerprint density at radius 3 is 2.83 bits per heavy atom. The summed E-state index contributed by atoms with van der Waals surface area (Å²) in [5.74, 6) is 0.501. The maximum atomic E-state index is 10.9. The topological polar surface area (TPSA) is 39.3 Å². The van der Waals surface area contributed by atoms with Crippen molar-refractivity contribution in [3.05, 3.63) is 47.7 Å². The summed E-state index contributed by atoms with van der Waals surface area (Å²) in [6, 6.07) is 6.87. The molecule has 2 heterocycles. The average Bonchev–Trinajstić information content (AvgIpc) is 2.94. The summed E-state index contributed by atoms with van der Waals surface area (Å²) in [6.07, 6.45) is 2.76. The van der Waals surface area contributed by atoms with Crippen molar-refractivity contribution in [3.63, 3.8) is 0 Å². The van der Waals surface area contributed by atoms with Gasteiger partial charge < -0.3 is 15.0 Å². The number of nitrogens with one attached hydrogen (secondary N) is 1. The van der Waals surface area contributed by atoms with Gasteiger partial charge in [-0.2, -0.15) is 0 Å². The SMILES string of the molecule is C=CC(C)(C)c1[nH]c2cccc3c2c1C[C@@H]1[C@H]3[C@H](O)[C@@H](C)CN1C. The fourth-order valence-corrected chi connectivity index (χ4v) is 4.92. The minimum atomic E-state index is -0.268. The normalized spacial score (nSPS) is 30.4. The summed E-state index contributed by atoms with van der Waals surface area (Å²) < 4.78 is 0. The zero-order chi connectivity index (χ0) is 17.2. The number of likely N-dealkylation sites (tertiary alicyclic amines) is 1. The number of hydrogen-bond donors (Lipinski definition) is 2. The molecule has 0 amide bonds. The first-order valence-corrected chi connectivity index (χ1v) is 9.01. The van der Waals surface area contributed by atoms with Crippen molar-refractivity contribution in [1.82, 2.24) is 9.88 Å². The smallest absolute Gasteiger partial charge is 0.0661 e. The molecule has 0 bridgehead atoms. The van der Waals surface area contributed by atoms with Crippen molar-refractivity contribution in [2.45, 2.75) is 50.7 Å². The molecule has 1 fully saturated rings. The number of aromatic amines is 1. The molecule has 1 saturated heterocycles. The largest absolute Gasteiger partial charge is 0.392 e. The first kappa shape index (κ1) is 15.9. The van der Waals surface area contributed by atoms with Gasteiger partial charge in [0.2, 0.25) is 0 Å². The van der Waals surface area contributed by atoms with E-state index in [0.29, 0.717) is 12.0 Å². The fourth-order valence-electron chi connectivity index (χ4n) is 4.92. The Kier molecular flexibility index (Phi) is 3.45. The van der Waals surface area contributed by atoms with E-state index in [1.807, 2.05) is 6.08 Å². The number of piperidine rings is 1. The molecule has 3 heteroatoms. The van der Waals surface area contributed by atoms with Gasteiger partial charge in [0.1, 0.15) is 0 Å². The fraction of sp³-hybridized carbons (Fsp3) is 0.524. The average molecular weight is 324 g/mol. The van der Waals surface area contributed by atoms with E-state index in [1.54, 1.807) is 0 Å². The number of H-pyrrole nitrogens is 1. The van der Waals surface area contributed by atoms with Gasteiger partial charge >= 0.3 is 0 Å². The molecule has 0 saturated carbocycles. The van der Waals surface area contributed by atoms with Gasteiger partial charge in [-0.15, -0.1) is 6.58 Å². The Labute approximate surface area is 144 Å². The van der Waals surface area contributed by atoms with E-state index in [-0.39, 0.29) is 17.4 Å². The van der Waals surface area contributed by atoms with Crippen molar-refractivity contribution in [3.8, 4) is 0 Å². The molecule has 2 aliphatic rings. The number of aromatic nitrogens is 1. The molecule has 128 valence electrons. The monoisotopic (exact) mass is 324 g/mol. The van der Waals surface area contributed by atoms with Gasteiger partial charge in [-0.1, -0.05) is 39.0 Å². The summed E-state index contributed by atoms with van der Waals surface area (Å²) in [5.41, 5.74) is 5.11. The molecule has 3 nitrogen and oxygen atoms in total. The van der Waals surface area contributed by atoms with Crippen LogP contribution in [-0.4, -0.2) is 40.7 Å². The Balaban J connectivity index is 1.98. The first-order valence-electron chi connectivity index (χ1n) is 9.01. The maximum Gasteiger partial charge on any atom is 0.0661 e. The van der Waals surface area contributed by atoms with Crippen molar-refractivity contribution in [2.24, 2.45) is 5.92 Å². The van der Waals surface area contributed by atoms with E-state index in [0.717, 1.165) is 13.0 Å². The number of fused-ring (bicyclic) bond motifs is 2. The van der Waals surface area contributed by atoms with Gasteiger partial charge in [0.05, 0.1) is 6.10 Å². The van der Waals surface area contributed by atoms with Gasteiger partial charge in [-0.05, 0) is 36.6 Å². The molecule has 2 aromatic rings. The lowest BCUT2D eigenvalue weighted by Gasteiger charge is -2.48. The quantitative estimate of drug-likeness (QED) is 0.829. The lowest BCUT2D eigenvalue weighted by atomic mass is 9.69. The van der Waals surface area contributed by atoms with E-state index in [4.69, 9.17) is 0 Å². The van der Waals surface area contributed by atoms with Gasteiger partial charge in [0.15, 0.2) is 0 Å². The minimum Gasteiger partial charge on any atom is -0.392 e. The lowest BCUT2D eigenvalue weighted by Crippen LogP contribution is -2.54. The Morgan fingerprint density at radius 2 is 2.12 bits per heavy atom. The van der Waals surface area contributed by atoms with E-state index in [2.05, 4.69) is 62.5 Å². The summed E-state index contributed by atoms with van der Waals surface area (Å²) in [7, 11) is 2.20. The van der Waals surface area contributed by atoms with E-state index >= 15 is 0 Å². The summed E-state index contributed by atoms with van der Waals surface area (Å²) in [4.78, 5) is 6.11. The summed E-state index contributed by atoms with van der Waals surface area (Å²) in [5, 5.41) is 12.3. The van der Waals surface area contributed by atoms with Crippen molar-refractivity contribution in [2.75, 3.05) is 13.6 Å². The van der Waals surface area contributed by atoms with Crippen LogP contribution in [0.15, 0.2) is 30.9 Å². The predicted octanol–water partition coefficient (Wildman–Crippen LogP) is 3.58. The molecule has 1 aromatic heterocycles. The van der Waals surface area contributed by atoms with E-state index in [9.17, 15) is 5.11 Å². The van der Waals surface area contributed by atoms with Crippen LogP contribution in [0.2, 0.25) is 0 Å². The number of aliphatic hydroxyl groups is 1. The minimum absolute atomic E-state index is 0.0857. The molecule has 0 unspecified atom stereocenters. The molecule has 4 atom stereocenters. The van der Waals surface area contributed by atoms with Crippen LogP contribution in [0.25, 0.3) is 10.9 Å². The second kappa shape index (κ2) is 5.21. The van der Waals surface area contributed by atoms with Crippen LogP contribution in [0.1, 0.15) is 43.5 Å². The Hall–Kier alpha value is -1.58. The molecule has 2 N–H and O–H groups in total. The van der Waals surface area contributed by atoms with E-state index < -0.39 is 0 Å². The number of rotatable bonds is 2. The zero-order valence-electron chi connectivity index (χ0n) is 15.1. The highest BCUT2D eigenvalue weighted by molar-refractivity contribution is 5.90. The first-order chi connectivity index (χ1) is 11.3. The lowest BCUT2D eigenvalue weighted by molar-refractivity contribution is -0.0113. The third kappa shape index (κ3) is 2.04. The third-order valence-corrected chi connectivity index (χ3v) is 6.39. The second-order valence-corrected chi connectivity index (χ2v) is 8.38. The van der Waals surface area contributed by atoms with Gasteiger partial charge in [0, 0.05) is 40.5 Å². The van der Waals surface area contributed by atoms with Crippen LogP contribution in [-0.2, 0) is 11.8 Å². The number of likely N-dealkylation sites (N-methyl/N-ethyl adjacent to an activating group) is 1. The molecule has 0 radical (unpaired) electrons. The highest BCUT2D eigenvalue weighted by atomic mass is 16.3. The standard InChI is InChI=1S/C21H28N2O/c1-6-21(3,4)20-14-10-16-18(19(24)12(2)11-23(16)5)13-8-7-9-15(22-20)17(13)14/h6-9,12,16,18-19,22,24H,1,10-11H2,2-5H3/t12-,16+,18-,19+/m0/s1. The molecular formula is C21H28N2O. The maximum absolute atomic E-state index is 10.9. The van der Waals surface area contributed by atoms with E-state index in [1.165, 1.54) is 27.7 Å². The van der Waals surface area contributed by atoms with Gasteiger partial charge in [-0.3, -0.25) is 0 Å². The van der Waals surface area contributed by atoms with Gasteiger partial charge in [0.25, 0.3) is 0 Å². The van der Waals surface area contributed by atoms with Crippen LogP contribution in [0, 0.1) is 5.92 Å². The predicted molar refractivity (Wildman–Crippen MR) is 99.6 cm³/mol. The number of benzene rings is 1. The highest BCUT2D eigenvalue weighted by Crippen LogP contribution is 2.47. The van der Waals surface area contributed by atoms with Crippen LogP contribution >= 0.6 is 0 Å². The molecule has 4 rings (SSSR count). The molecule has 24 heavy (non-hydrogen) atoms. The van der Waals surface area contributed by atoms with Crippen molar-refractivity contribution < 1.29 is 5.11 Å². The number of nitrogens with zero attached hydrogens (tertiary/aromatic N) is 1. The molecular weight excluding hydrogens is 296 g/mol. The molecule has 1 aliphatic carbocycles. The molecule has 0 spiro atoms. The van der Waals surface area contributed by atoms with Crippen LogP contribution in [0.3, 0.4) is 0 Å². The van der Waals surface area contributed by atoms with Crippen LogP contribution in [0.4, 0.5) is 0 Å².